The third-order valence-electron chi connectivity index (χ3n) is 9.23. The molecule has 0 saturated heterocycles. The maximum Gasteiger partial charge on any atom is 0.208 e. The second-order valence-corrected chi connectivity index (χ2v) is 12.6. The molecule has 0 unspecified atom stereocenters. The van der Waals surface area contributed by atoms with E-state index >= 15 is 52.7 Å². The predicted molar refractivity (Wildman–Crippen MR) is 209 cm³/mol. The van der Waals surface area contributed by atoms with E-state index in [9.17, 15) is 21.0 Å². The predicted octanol–water partition coefficient (Wildman–Crippen LogP) is 13.2. The van der Waals surface area contributed by atoms with Gasteiger partial charge in [-0.2, -0.15) is 21.0 Å². The average molecular weight is 913 g/mol. The summed E-state index contributed by atoms with van der Waals surface area (Å²) < 4.78 is 294. The van der Waals surface area contributed by atoms with Crippen LogP contribution in [0.3, 0.4) is 0 Å². The summed E-state index contributed by atoms with van der Waals surface area (Å²) in [5.74, 6) is -33.2. The molecule has 0 bridgehead atoms. The van der Waals surface area contributed by atoms with Crippen molar-refractivity contribution in [2.45, 2.75) is 0 Å². The van der Waals surface area contributed by atoms with E-state index in [0.717, 1.165) is 12.1 Å². The smallest absolute Gasteiger partial charge is 0.208 e. The maximum absolute atomic E-state index is 17.1. The summed E-state index contributed by atoms with van der Waals surface area (Å²) in [7, 11) is 0. The Balaban J connectivity index is 1.77. The molecule has 0 aliphatic heterocycles. The van der Waals surface area contributed by atoms with Crippen molar-refractivity contribution in [3.63, 3.8) is 0 Å². The average Bonchev–Trinajstić information content (AvgIpc) is 4.25. The zero-order chi connectivity index (χ0) is 58.5. The first-order valence-electron chi connectivity index (χ1n) is 23.1. The van der Waals surface area contributed by atoms with Gasteiger partial charge in [0.1, 0.15) is 29.6 Å². The highest BCUT2D eigenvalue weighted by atomic mass is 19.2. The molecule has 1 saturated carbocycles. The number of nitriles is 4. The Bertz CT molecular complexity index is 3760. The summed E-state index contributed by atoms with van der Waals surface area (Å²) in [6.07, 6.45) is 0. The molecule has 1 aliphatic carbocycles. The number of benzene rings is 6. The van der Waals surface area contributed by atoms with E-state index in [-0.39, 0.29) is 0 Å². The zero-order valence-electron chi connectivity index (χ0n) is 43.2. The molecule has 1 aliphatic rings. The van der Waals surface area contributed by atoms with Crippen LogP contribution in [0.2, 0.25) is 0 Å². The first-order valence-corrected chi connectivity index (χ1v) is 17.1. The monoisotopic (exact) mass is 912 g/mol. The number of nitrogens with zero attached hydrogens (tertiary/aromatic N) is 6. The lowest BCUT2D eigenvalue weighted by Gasteiger charge is -2.13. The molecular formula is C48H12F12N6. The minimum Gasteiger partial charge on any atom is -0.238 e. The van der Waals surface area contributed by atoms with Crippen molar-refractivity contribution in [1.82, 2.24) is 0 Å². The molecule has 0 spiro atoms. The van der Waals surface area contributed by atoms with Gasteiger partial charge in [-0.1, -0.05) is 48.3 Å². The molecule has 0 amide bonds. The van der Waals surface area contributed by atoms with Crippen molar-refractivity contribution in [1.29, 1.82) is 21.0 Å². The summed E-state index contributed by atoms with van der Waals surface area (Å²) in [6.45, 7) is 15.2. The van der Waals surface area contributed by atoms with Crippen LogP contribution in [0.15, 0.2) is 89.2 Å². The van der Waals surface area contributed by atoms with Crippen LogP contribution in [0.5, 0.6) is 0 Å². The highest BCUT2D eigenvalue weighted by molar-refractivity contribution is 6.12. The molecule has 0 radical (unpaired) electrons. The van der Waals surface area contributed by atoms with Crippen LogP contribution < -0.4 is 0 Å². The maximum atomic E-state index is 17.1. The van der Waals surface area contributed by atoms with Crippen LogP contribution in [-0.2, 0) is 0 Å². The van der Waals surface area contributed by atoms with Gasteiger partial charge in [0.2, 0.25) is 5.70 Å². The highest BCUT2D eigenvalue weighted by Gasteiger charge is 2.46. The third-order valence-corrected chi connectivity index (χ3v) is 9.23. The number of hydrogen-bond donors (Lipinski definition) is 0. The molecule has 0 aromatic heterocycles. The normalized spacial score (nSPS) is 16.5. The van der Waals surface area contributed by atoms with E-state index in [1.54, 1.807) is 0 Å². The largest absolute Gasteiger partial charge is 0.238 e. The molecule has 318 valence electrons. The van der Waals surface area contributed by atoms with E-state index in [1.165, 1.54) is 12.1 Å². The van der Waals surface area contributed by atoms with Crippen LogP contribution in [0.4, 0.5) is 58.4 Å². The topological polar surface area (TPSA) is 104 Å². The third kappa shape index (κ3) is 6.93. The Morgan fingerprint density at radius 1 is 0.409 bits per heavy atom. The Kier molecular flexibility index (Phi) is 8.14. The van der Waals surface area contributed by atoms with E-state index < -0.39 is 243 Å². The van der Waals surface area contributed by atoms with Crippen molar-refractivity contribution in [3.05, 3.63) is 210 Å². The van der Waals surface area contributed by atoms with E-state index in [0.29, 0.717) is 0 Å². The summed E-state index contributed by atoms with van der Waals surface area (Å²) in [4.78, 5) is 5.52. The van der Waals surface area contributed by atoms with Gasteiger partial charge in [-0.05, 0) is 57.6 Å². The van der Waals surface area contributed by atoms with Gasteiger partial charge in [0.15, 0.2) is 58.0 Å². The molecule has 0 heterocycles. The number of rotatable bonds is 6. The molecule has 1 fully saturated rings. The van der Waals surface area contributed by atoms with Crippen LogP contribution in [-0.4, -0.2) is 0 Å². The first-order chi connectivity index (χ1) is 36.5. The Hall–Kier alpha value is -9.36. The molecule has 0 N–H and O–H groups in total. The lowest BCUT2D eigenvalue weighted by atomic mass is 9.94. The summed E-state index contributed by atoms with van der Waals surface area (Å²) >= 11 is 0. The Labute approximate surface area is 380 Å². The van der Waals surface area contributed by atoms with Crippen LogP contribution in [0, 0.1) is 128 Å². The quantitative estimate of drug-likeness (QED) is 0.0546. The molecule has 6 aromatic carbocycles. The van der Waals surface area contributed by atoms with Crippen LogP contribution in [0.25, 0.3) is 59.9 Å². The van der Waals surface area contributed by atoms with Gasteiger partial charge in [-0.15, -0.1) is 0 Å². The molecule has 0 atom stereocenters. The van der Waals surface area contributed by atoms with Crippen molar-refractivity contribution in [2.75, 3.05) is 0 Å². The van der Waals surface area contributed by atoms with E-state index in [1.807, 2.05) is 0 Å². The van der Waals surface area contributed by atoms with Crippen LogP contribution >= 0.6 is 0 Å². The standard InChI is InChI=1S/C48H12F12N6/c1-65-24-13-11-23(12-14-24)28-37(50)33(43(56)46(59)40(28)53)26(18-64)31-30(25(17-63)32-36(49)27(39(52)45(58)42(32)55)21-7-3-19(15-61)4-8-21)34(31)48(66-2)35-38(51)29(41(54)47(60)44(35)57)22-9-5-20(16-62)6-10-22/h3-14H/b30-25+,31-26-,48-34-/i3D,4D,5D,6D,7D,8D,9D,10D,11D,12D,13D,14D. The zero-order valence-corrected chi connectivity index (χ0v) is 31.2. The minimum atomic E-state index is -2.88. The van der Waals surface area contributed by atoms with Gasteiger partial charge >= 0.3 is 0 Å². The van der Waals surface area contributed by atoms with Crippen molar-refractivity contribution >= 4 is 22.5 Å². The van der Waals surface area contributed by atoms with Gasteiger partial charge in [-0.25, -0.2) is 62.4 Å². The van der Waals surface area contributed by atoms with Gasteiger partial charge < -0.3 is 0 Å². The van der Waals surface area contributed by atoms with Gasteiger partial charge in [0.25, 0.3) is 0 Å². The fraction of sp³-hybridized carbons (Fsp3) is 0. The van der Waals surface area contributed by atoms with Crippen molar-refractivity contribution in [2.24, 2.45) is 0 Å². The summed E-state index contributed by atoms with van der Waals surface area (Å²) in [5.41, 5.74) is -32.4. The SMILES string of the molecule is [2H]c1c([2H])c(-c2c(F)c(F)c(F)c(/C(C#N)=C3/C(=C(/[N+]#[C-])c4c(F)c(F)c(F)c(-c5c([2H])c([2H])c(C#N)c([2H])c5[2H])c4F)/C3=C(/C#N)c3c(F)c(F)c(F)c(-c4c([2H])c([2H])c([N+]#[C-])c([2H])c4[2H])c3F)c2F)c([2H])c([2H])c1C#N. The Morgan fingerprint density at radius 2 is 0.727 bits per heavy atom. The van der Waals surface area contributed by atoms with Gasteiger partial charge in [-0.3, -0.25) is 0 Å². The number of halogens is 12. The number of hydrogen-bond acceptors (Lipinski definition) is 4. The number of allylic oxidation sites excluding steroid dienone is 5. The molecule has 66 heavy (non-hydrogen) atoms. The second-order valence-electron chi connectivity index (χ2n) is 12.6. The molecule has 18 heteroatoms. The fourth-order valence-electron chi connectivity index (χ4n) is 6.31. The summed E-state index contributed by atoms with van der Waals surface area (Å²) in [5, 5.41) is 40.1. The fourth-order valence-corrected chi connectivity index (χ4v) is 6.31. The van der Waals surface area contributed by atoms with Crippen molar-refractivity contribution in [3.8, 4) is 57.7 Å². The van der Waals surface area contributed by atoms with Gasteiger partial charge in [0, 0.05) is 2.74 Å². The molecule has 6 nitrogen and oxygen atoms in total. The lowest BCUT2D eigenvalue weighted by Crippen LogP contribution is -2.06. The van der Waals surface area contributed by atoms with Crippen LogP contribution in [0.1, 0.15) is 44.3 Å². The first kappa shape index (κ1) is 31.5. The molecule has 7 rings (SSSR count). The van der Waals surface area contributed by atoms with E-state index in [2.05, 4.69) is 9.69 Å². The Morgan fingerprint density at radius 3 is 1.03 bits per heavy atom. The second kappa shape index (κ2) is 17.1. The van der Waals surface area contributed by atoms with Crippen molar-refractivity contribution < 1.29 is 69.1 Å². The highest BCUT2D eigenvalue weighted by Crippen LogP contribution is 2.58. The van der Waals surface area contributed by atoms with E-state index in [4.69, 9.17) is 29.6 Å². The lowest BCUT2D eigenvalue weighted by molar-refractivity contribution is 0.435. The molecular weight excluding hydrogens is 889 g/mol. The van der Waals surface area contributed by atoms with Gasteiger partial charge in [0.05, 0.1) is 94.6 Å². The molecule has 6 aromatic rings. The summed E-state index contributed by atoms with van der Waals surface area (Å²) in [6, 6.07) is -12.9. The minimum absolute atomic E-state index is 0.971.